The number of aliphatic carboxylic acids is 1. The number of nitrogens with zero attached hydrogens (tertiary/aromatic N) is 2. The second-order valence-corrected chi connectivity index (χ2v) is 2.36. The van der Waals surface area contributed by atoms with Gasteiger partial charge in [-0.2, -0.15) is 5.10 Å². The molecule has 0 aromatic carbocycles. The third-order valence-electron chi connectivity index (χ3n) is 1.32. The zero-order valence-corrected chi connectivity index (χ0v) is 6.83. The summed E-state index contributed by atoms with van der Waals surface area (Å²) in [5.74, 6) is 3.40. The lowest BCUT2D eigenvalue weighted by Crippen LogP contribution is -1.87. The van der Waals surface area contributed by atoms with Crippen molar-refractivity contribution in [3.05, 3.63) is 17.5 Å². The Morgan fingerprint density at radius 3 is 2.83 bits per heavy atom. The van der Waals surface area contributed by atoms with Crippen LogP contribution in [0.3, 0.4) is 0 Å². The summed E-state index contributed by atoms with van der Waals surface area (Å²) in [5, 5.41) is 12.3. The number of rotatable bonds is 0. The summed E-state index contributed by atoms with van der Waals surface area (Å²) in [6.07, 6.45) is 1.69. The molecule has 1 aromatic rings. The van der Waals surface area contributed by atoms with Crippen LogP contribution in [0.1, 0.15) is 11.3 Å². The molecule has 0 aliphatic carbocycles. The van der Waals surface area contributed by atoms with Crippen LogP contribution in [0.4, 0.5) is 0 Å². The van der Waals surface area contributed by atoms with Gasteiger partial charge in [0.2, 0.25) is 0 Å². The Morgan fingerprint density at radius 2 is 2.42 bits per heavy atom. The SMILES string of the molecule is Cc1nn(C)cc1C#CC(=O)O. The van der Waals surface area contributed by atoms with E-state index in [1.54, 1.807) is 24.9 Å². The minimum atomic E-state index is -1.13. The summed E-state index contributed by atoms with van der Waals surface area (Å²) in [5.41, 5.74) is 1.39. The standard InChI is InChI=1S/C8H8N2O2/c1-6-7(3-4-8(11)12)5-10(2)9-6/h5H,1-2H3,(H,11,12). The Labute approximate surface area is 69.8 Å². The van der Waals surface area contributed by atoms with E-state index in [1.807, 2.05) is 5.92 Å². The highest BCUT2D eigenvalue weighted by molar-refractivity contribution is 5.87. The molecule has 1 heterocycles. The molecule has 4 heteroatoms. The monoisotopic (exact) mass is 164 g/mol. The van der Waals surface area contributed by atoms with Crippen LogP contribution in [-0.4, -0.2) is 20.9 Å². The molecule has 0 bridgehead atoms. The quantitative estimate of drug-likeness (QED) is 0.556. The Balaban J connectivity index is 2.98. The van der Waals surface area contributed by atoms with Gasteiger partial charge in [-0.25, -0.2) is 4.79 Å². The second-order valence-electron chi connectivity index (χ2n) is 2.36. The average Bonchev–Trinajstić information content (AvgIpc) is 2.26. The molecular formula is C8H8N2O2. The van der Waals surface area contributed by atoms with E-state index in [1.165, 1.54) is 0 Å². The summed E-state index contributed by atoms with van der Waals surface area (Å²) in [6.45, 7) is 1.78. The van der Waals surface area contributed by atoms with Gasteiger partial charge in [0, 0.05) is 19.2 Å². The highest BCUT2D eigenvalue weighted by Crippen LogP contribution is 2.01. The van der Waals surface area contributed by atoms with Gasteiger partial charge in [0.25, 0.3) is 0 Å². The topological polar surface area (TPSA) is 55.1 Å². The smallest absolute Gasteiger partial charge is 0.382 e. The molecule has 0 saturated carbocycles. The van der Waals surface area contributed by atoms with Gasteiger partial charge in [0.05, 0.1) is 11.3 Å². The number of carboxylic acid groups (broad SMARTS) is 1. The summed E-state index contributed by atoms with van der Waals surface area (Å²) in [7, 11) is 1.76. The minimum absolute atomic E-state index is 0.653. The Morgan fingerprint density at radius 1 is 1.75 bits per heavy atom. The first-order valence-corrected chi connectivity index (χ1v) is 3.35. The first-order valence-electron chi connectivity index (χ1n) is 3.35. The highest BCUT2D eigenvalue weighted by atomic mass is 16.4. The summed E-state index contributed by atoms with van der Waals surface area (Å²) < 4.78 is 1.60. The van der Waals surface area contributed by atoms with Crippen molar-refractivity contribution in [3.63, 3.8) is 0 Å². The van der Waals surface area contributed by atoms with Crippen LogP contribution < -0.4 is 0 Å². The van der Waals surface area contributed by atoms with E-state index in [0.717, 1.165) is 5.69 Å². The van der Waals surface area contributed by atoms with Crippen LogP contribution >= 0.6 is 0 Å². The fourth-order valence-corrected chi connectivity index (χ4v) is 0.843. The third-order valence-corrected chi connectivity index (χ3v) is 1.32. The predicted molar refractivity (Wildman–Crippen MR) is 42.5 cm³/mol. The summed E-state index contributed by atoms with van der Waals surface area (Å²) in [4.78, 5) is 10.1. The number of aromatic nitrogens is 2. The number of aryl methyl sites for hydroxylation is 2. The average molecular weight is 164 g/mol. The molecule has 0 unspecified atom stereocenters. The molecule has 1 N–H and O–H groups in total. The molecule has 0 amide bonds. The first kappa shape index (κ1) is 8.34. The third kappa shape index (κ3) is 1.86. The van der Waals surface area contributed by atoms with Crippen molar-refractivity contribution in [1.29, 1.82) is 0 Å². The molecule has 0 aliphatic heterocycles. The Bertz CT molecular complexity index is 368. The van der Waals surface area contributed by atoms with Crippen molar-refractivity contribution in [2.75, 3.05) is 0 Å². The first-order chi connectivity index (χ1) is 5.59. The number of carbonyl (C=O) groups is 1. The molecule has 0 aliphatic rings. The van der Waals surface area contributed by atoms with Crippen LogP contribution in [-0.2, 0) is 11.8 Å². The minimum Gasteiger partial charge on any atom is -0.472 e. The maximum absolute atomic E-state index is 10.1. The Hall–Kier alpha value is -1.76. The molecule has 0 radical (unpaired) electrons. The van der Waals surface area contributed by atoms with Crippen molar-refractivity contribution < 1.29 is 9.90 Å². The molecule has 62 valence electrons. The Kier molecular flexibility index (Phi) is 2.15. The lowest BCUT2D eigenvalue weighted by atomic mass is 10.3. The molecular weight excluding hydrogens is 156 g/mol. The van der Waals surface area contributed by atoms with Crippen molar-refractivity contribution in [2.45, 2.75) is 6.92 Å². The van der Waals surface area contributed by atoms with Gasteiger partial charge in [0.1, 0.15) is 0 Å². The summed E-state index contributed by atoms with van der Waals surface area (Å²) >= 11 is 0. The predicted octanol–water partition coefficient (Wildman–Crippen LogP) is 0.165. The molecule has 1 aromatic heterocycles. The van der Waals surface area contributed by atoms with Crippen molar-refractivity contribution in [3.8, 4) is 11.8 Å². The molecule has 1 rings (SSSR count). The second kappa shape index (κ2) is 3.09. The molecule has 4 nitrogen and oxygen atoms in total. The molecule has 12 heavy (non-hydrogen) atoms. The fourth-order valence-electron chi connectivity index (χ4n) is 0.843. The van der Waals surface area contributed by atoms with E-state index < -0.39 is 5.97 Å². The molecule has 0 fully saturated rings. The molecule has 0 atom stereocenters. The fraction of sp³-hybridized carbons (Fsp3) is 0.250. The lowest BCUT2D eigenvalue weighted by Gasteiger charge is -1.79. The van der Waals surface area contributed by atoms with Gasteiger partial charge in [-0.1, -0.05) is 5.92 Å². The van der Waals surface area contributed by atoms with Crippen LogP contribution in [0.2, 0.25) is 0 Å². The van der Waals surface area contributed by atoms with E-state index >= 15 is 0 Å². The van der Waals surface area contributed by atoms with Crippen LogP contribution in [0, 0.1) is 18.8 Å². The van der Waals surface area contributed by atoms with E-state index in [2.05, 4.69) is 11.0 Å². The van der Waals surface area contributed by atoms with Crippen LogP contribution in [0.5, 0.6) is 0 Å². The van der Waals surface area contributed by atoms with E-state index in [0.29, 0.717) is 5.56 Å². The molecule has 0 spiro atoms. The van der Waals surface area contributed by atoms with Gasteiger partial charge < -0.3 is 5.11 Å². The number of carboxylic acids is 1. The van der Waals surface area contributed by atoms with Crippen LogP contribution in [0.25, 0.3) is 0 Å². The zero-order chi connectivity index (χ0) is 9.14. The van der Waals surface area contributed by atoms with Gasteiger partial charge >= 0.3 is 5.97 Å². The molecule has 0 saturated heterocycles. The highest BCUT2D eigenvalue weighted by Gasteiger charge is 1.98. The van der Waals surface area contributed by atoms with Crippen molar-refractivity contribution >= 4 is 5.97 Å². The largest absolute Gasteiger partial charge is 0.472 e. The summed E-state index contributed by atoms with van der Waals surface area (Å²) in [6, 6.07) is 0. The van der Waals surface area contributed by atoms with Crippen LogP contribution in [0.15, 0.2) is 6.20 Å². The van der Waals surface area contributed by atoms with Gasteiger partial charge in [-0.05, 0) is 6.92 Å². The zero-order valence-electron chi connectivity index (χ0n) is 6.83. The van der Waals surface area contributed by atoms with Crippen molar-refractivity contribution in [2.24, 2.45) is 7.05 Å². The van der Waals surface area contributed by atoms with E-state index in [4.69, 9.17) is 5.11 Å². The van der Waals surface area contributed by atoms with Gasteiger partial charge in [-0.15, -0.1) is 0 Å². The maximum atomic E-state index is 10.1. The lowest BCUT2D eigenvalue weighted by molar-refractivity contribution is -0.130. The van der Waals surface area contributed by atoms with Crippen molar-refractivity contribution in [1.82, 2.24) is 9.78 Å². The number of hydrogen-bond acceptors (Lipinski definition) is 2. The van der Waals surface area contributed by atoms with E-state index in [-0.39, 0.29) is 0 Å². The van der Waals surface area contributed by atoms with E-state index in [9.17, 15) is 4.79 Å². The maximum Gasteiger partial charge on any atom is 0.382 e. The van der Waals surface area contributed by atoms with Gasteiger partial charge in [-0.3, -0.25) is 4.68 Å². The normalized spacial score (nSPS) is 8.83. The number of hydrogen-bond donors (Lipinski definition) is 1. The van der Waals surface area contributed by atoms with Gasteiger partial charge in [0.15, 0.2) is 0 Å².